The maximum atomic E-state index is 5.82. The number of nitrogens with zero attached hydrogens (tertiary/aromatic N) is 2. The third-order valence-electron chi connectivity index (χ3n) is 2.55. The number of hydrogen-bond acceptors (Lipinski definition) is 4. The van der Waals surface area contributed by atoms with Gasteiger partial charge in [0.1, 0.15) is 9.34 Å². The minimum Gasteiger partial charge on any atom is -0.307 e. The summed E-state index contributed by atoms with van der Waals surface area (Å²) in [5, 5.41) is 4.51. The lowest BCUT2D eigenvalue weighted by Crippen LogP contribution is -2.38. The number of halogens is 1. The third-order valence-corrected chi connectivity index (χ3v) is 3.67. The van der Waals surface area contributed by atoms with Gasteiger partial charge in [-0.25, -0.2) is 4.98 Å². The standard InChI is InChI=1S/C11H20ClN3S/c1-4-15(5-2)8-9(3)13-7-11-14-6-10(12)16-11/h6,9,13H,4-5,7-8H2,1-3H3. The van der Waals surface area contributed by atoms with Gasteiger partial charge in [-0.1, -0.05) is 25.4 Å². The van der Waals surface area contributed by atoms with Crippen LogP contribution in [-0.4, -0.2) is 35.6 Å². The lowest BCUT2D eigenvalue weighted by atomic mass is 10.3. The Kier molecular flexibility index (Phi) is 6.28. The highest BCUT2D eigenvalue weighted by atomic mass is 35.5. The van der Waals surface area contributed by atoms with Crippen molar-refractivity contribution in [3.63, 3.8) is 0 Å². The summed E-state index contributed by atoms with van der Waals surface area (Å²) in [7, 11) is 0. The van der Waals surface area contributed by atoms with Gasteiger partial charge in [0.05, 0.1) is 6.20 Å². The Hall–Kier alpha value is -0.160. The van der Waals surface area contributed by atoms with Gasteiger partial charge in [-0.15, -0.1) is 11.3 Å². The first-order valence-electron chi connectivity index (χ1n) is 5.71. The van der Waals surface area contributed by atoms with Gasteiger partial charge in [-0.05, 0) is 20.0 Å². The van der Waals surface area contributed by atoms with Crippen LogP contribution in [0, 0.1) is 0 Å². The molecule has 0 radical (unpaired) electrons. The van der Waals surface area contributed by atoms with Crippen LogP contribution >= 0.6 is 22.9 Å². The predicted molar refractivity (Wildman–Crippen MR) is 71.2 cm³/mol. The van der Waals surface area contributed by atoms with Crippen LogP contribution in [0.15, 0.2) is 6.20 Å². The van der Waals surface area contributed by atoms with Gasteiger partial charge in [0.15, 0.2) is 0 Å². The first kappa shape index (κ1) is 13.9. The van der Waals surface area contributed by atoms with E-state index >= 15 is 0 Å². The number of thiazole rings is 1. The minimum absolute atomic E-state index is 0.475. The molecule has 0 fully saturated rings. The number of aromatic nitrogens is 1. The average Bonchev–Trinajstić information content (AvgIpc) is 2.69. The number of likely N-dealkylation sites (N-methyl/N-ethyl adjacent to an activating group) is 1. The van der Waals surface area contributed by atoms with Crippen molar-refractivity contribution in [2.75, 3.05) is 19.6 Å². The lowest BCUT2D eigenvalue weighted by Gasteiger charge is -2.23. The van der Waals surface area contributed by atoms with Crippen molar-refractivity contribution in [3.05, 3.63) is 15.5 Å². The van der Waals surface area contributed by atoms with Crippen LogP contribution in [0.5, 0.6) is 0 Å². The molecule has 0 aliphatic heterocycles. The molecule has 0 saturated carbocycles. The Morgan fingerprint density at radius 3 is 2.69 bits per heavy atom. The lowest BCUT2D eigenvalue weighted by molar-refractivity contribution is 0.270. The van der Waals surface area contributed by atoms with E-state index in [4.69, 9.17) is 11.6 Å². The van der Waals surface area contributed by atoms with E-state index in [2.05, 4.69) is 36.0 Å². The Bertz CT molecular complexity index is 299. The normalized spacial score (nSPS) is 13.3. The van der Waals surface area contributed by atoms with Gasteiger partial charge < -0.3 is 10.2 Å². The summed E-state index contributed by atoms with van der Waals surface area (Å²) in [5.41, 5.74) is 0. The van der Waals surface area contributed by atoms with E-state index in [1.54, 1.807) is 6.20 Å². The molecule has 0 aliphatic rings. The molecule has 1 unspecified atom stereocenters. The molecule has 1 aromatic heterocycles. The molecule has 5 heteroatoms. The smallest absolute Gasteiger partial charge is 0.113 e. The van der Waals surface area contributed by atoms with Crippen LogP contribution in [0.2, 0.25) is 4.34 Å². The van der Waals surface area contributed by atoms with E-state index in [-0.39, 0.29) is 0 Å². The minimum atomic E-state index is 0.475. The summed E-state index contributed by atoms with van der Waals surface area (Å²) in [5.74, 6) is 0. The van der Waals surface area contributed by atoms with Gasteiger partial charge in [-0.2, -0.15) is 0 Å². The van der Waals surface area contributed by atoms with Crippen LogP contribution in [0.3, 0.4) is 0 Å². The molecule has 1 rings (SSSR count). The van der Waals surface area contributed by atoms with Crippen molar-refractivity contribution in [1.29, 1.82) is 0 Å². The Balaban J connectivity index is 2.26. The summed E-state index contributed by atoms with van der Waals surface area (Å²) in [6, 6.07) is 0.475. The monoisotopic (exact) mass is 261 g/mol. The zero-order valence-corrected chi connectivity index (χ0v) is 11.7. The third kappa shape index (κ3) is 4.78. The van der Waals surface area contributed by atoms with Gasteiger partial charge >= 0.3 is 0 Å². The second kappa shape index (κ2) is 7.22. The maximum Gasteiger partial charge on any atom is 0.113 e. The summed E-state index contributed by atoms with van der Waals surface area (Å²) in [4.78, 5) is 6.63. The zero-order valence-electron chi connectivity index (χ0n) is 10.2. The van der Waals surface area contributed by atoms with Crippen molar-refractivity contribution in [1.82, 2.24) is 15.2 Å². The van der Waals surface area contributed by atoms with Gasteiger partial charge in [0.25, 0.3) is 0 Å². The summed E-state index contributed by atoms with van der Waals surface area (Å²) in [6.45, 7) is 10.7. The van der Waals surface area contributed by atoms with Crippen LogP contribution in [0.25, 0.3) is 0 Å². The summed E-state index contributed by atoms with van der Waals surface area (Å²) < 4.78 is 0.758. The molecule has 1 aromatic rings. The first-order chi connectivity index (χ1) is 7.65. The number of rotatable bonds is 7. The van der Waals surface area contributed by atoms with Gasteiger partial charge in [0.2, 0.25) is 0 Å². The molecule has 16 heavy (non-hydrogen) atoms. The Labute approximate surface area is 107 Å². The fourth-order valence-electron chi connectivity index (χ4n) is 1.56. The predicted octanol–water partition coefficient (Wildman–Crippen LogP) is 2.62. The van der Waals surface area contributed by atoms with E-state index in [0.29, 0.717) is 6.04 Å². The molecule has 0 saturated heterocycles. The summed E-state index contributed by atoms with van der Waals surface area (Å²) >= 11 is 7.36. The van der Waals surface area contributed by atoms with Crippen LogP contribution in [-0.2, 0) is 6.54 Å². The van der Waals surface area contributed by atoms with Gasteiger partial charge in [0, 0.05) is 19.1 Å². The fraction of sp³-hybridized carbons (Fsp3) is 0.727. The zero-order chi connectivity index (χ0) is 12.0. The largest absolute Gasteiger partial charge is 0.307 e. The van der Waals surface area contributed by atoms with E-state index in [1.807, 2.05) is 0 Å². The van der Waals surface area contributed by atoms with Crippen molar-refractivity contribution < 1.29 is 0 Å². The maximum absolute atomic E-state index is 5.82. The molecule has 0 aliphatic carbocycles. The van der Waals surface area contributed by atoms with E-state index in [9.17, 15) is 0 Å². The molecule has 92 valence electrons. The van der Waals surface area contributed by atoms with Crippen LogP contribution in [0.1, 0.15) is 25.8 Å². The quantitative estimate of drug-likeness (QED) is 0.818. The molecule has 0 aromatic carbocycles. The van der Waals surface area contributed by atoms with E-state index < -0.39 is 0 Å². The molecular weight excluding hydrogens is 242 g/mol. The topological polar surface area (TPSA) is 28.2 Å². The van der Waals surface area contributed by atoms with Crippen molar-refractivity contribution in [2.45, 2.75) is 33.4 Å². The molecule has 1 heterocycles. The SMILES string of the molecule is CCN(CC)CC(C)NCc1ncc(Cl)s1. The van der Waals surface area contributed by atoms with Crippen LogP contribution < -0.4 is 5.32 Å². The second-order valence-corrected chi connectivity index (χ2v) is 5.57. The highest BCUT2D eigenvalue weighted by Crippen LogP contribution is 2.17. The van der Waals surface area contributed by atoms with Gasteiger partial charge in [-0.3, -0.25) is 0 Å². The summed E-state index contributed by atoms with van der Waals surface area (Å²) in [6.07, 6.45) is 1.71. The fourth-order valence-corrected chi connectivity index (χ4v) is 2.47. The average molecular weight is 262 g/mol. The molecule has 0 bridgehead atoms. The van der Waals surface area contributed by atoms with Crippen molar-refractivity contribution in [3.8, 4) is 0 Å². The molecule has 1 atom stereocenters. The molecule has 0 spiro atoms. The Morgan fingerprint density at radius 1 is 1.50 bits per heavy atom. The molecule has 3 nitrogen and oxygen atoms in total. The molecule has 1 N–H and O–H groups in total. The van der Waals surface area contributed by atoms with Crippen LogP contribution in [0.4, 0.5) is 0 Å². The van der Waals surface area contributed by atoms with E-state index in [0.717, 1.165) is 35.5 Å². The number of nitrogens with one attached hydrogen (secondary N) is 1. The second-order valence-electron chi connectivity index (χ2n) is 3.83. The molecular formula is C11H20ClN3S. The van der Waals surface area contributed by atoms with E-state index in [1.165, 1.54) is 11.3 Å². The molecule has 0 amide bonds. The number of hydrogen-bond donors (Lipinski definition) is 1. The highest BCUT2D eigenvalue weighted by molar-refractivity contribution is 7.15. The highest BCUT2D eigenvalue weighted by Gasteiger charge is 2.07. The van der Waals surface area contributed by atoms with Crippen molar-refractivity contribution >= 4 is 22.9 Å². The first-order valence-corrected chi connectivity index (χ1v) is 6.91. The Morgan fingerprint density at radius 2 is 2.19 bits per heavy atom. The van der Waals surface area contributed by atoms with Crippen molar-refractivity contribution in [2.24, 2.45) is 0 Å².